The molecule has 16 heavy (non-hydrogen) atoms. The summed E-state index contributed by atoms with van der Waals surface area (Å²) in [5, 5.41) is 0. The molecule has 0 radical (unpaired) electrons. The summed E-state index contributed by atoms with van der Waals surface area (Å²) in [5.41, 5.74) is 6.66. The molecule has 1 aromatic carbocycles. The molecule has 0 aliphatic rings. The number of benzene rings is 1. The van der Waals surface area contributed by atoms with E-state index in [0.717, 1.165) is 10.9 Å². The van der Waals surface area contributed by atoms with Crippen LogP contribution in [0.2, 0.25) is 0 Å². The molecule has 0 bridgehead atoms. The molecule has 0 unspecified atom stereocenters. The summed E-state index contributed by atoms with van der Waals surface area (Å²) in [6, 6.07) is 4.98. The molecule has 0 aromatic heterocycles. The van der Waals surface area contributed by atoms with Crippen molar-refractivity contribution < 1.29 is 8.42 Å². The highest BCUT2D eigenvalue weighted by molar-refractivity contribution is 9.10. The molecule has 1 rings (SSSR count). The van der Waals surface area contributed by atoms with E-state index in [0.29, 0.717) is 17.8 Å². The van der Waals surface area contributed by atoms with Crippen LogP contribution in [0.3, 0.4) is 0 Å². The van der Waals surface area contributed by atoms with Crippen molar-refractivity contribution in [2.45, 2.75) is 19.8 Å². The van der Waals surface area contributed by atoms with Crippen molar-refractivity contribution in [1.29, 1.82) is 0 Å². The number of hydrogen-bond acceptors (Lipinski definition) is 3. The smallest absolute Gasteiger partial charge is 0.232 e. The van der Waals surface area contributed by atoms with Crippen LogP contribution in [-0.4, -0.2) is 14.2 Å². The SMILES string of the molecule is CCCCS(=O)(=O)Nc1ccc(Br)c(N)c1. The van der Waals surface area contributed by atoms with Crippen LogP contribution in [0.15, 0.2) is 22.7 Å². The minimum absolute atomic E-state index is 0.138. The van der Waals surface area contributed by atoms with Crippen LogP contribution in [0, 0.1) is 0 Å². The Labute approximate surface area is 104 Å². The van der Waals surface area contributed by atoms with Gasteiger partial charge >= 0.3 is 0 Å². The summed E-state index contributed by atoms with van der Waals surface area (Å²) in [7, 11) is -3.25. The summed E-state index contributed by atoms with van der Waals surface area (Å²) < 4.78 is 26.4. The molecule has 90 valence electrons. The van der Waals surface area contributed by atoms with E-state index >= 15 is 0 Å². The highest BCUT2D eigenvalue weighted by atomic mass is 79.9. The molecule has 0 amide bonds. The van der Waals surface area contributed by atoms with Crippen molar-refractivity contribution in [3.8, 4) is 0 Å². The fraction of sp³-hybridized carbons (Fsp3) is 0.400. The van der Waals surface area contributed by atoms with Gasteiger partial charge in [-0.05, 0) is 40.5 Å². The van der Waals surface area contributed by atoms with E-state index in [9.17, 15) is 8.42 Å². The first-order chi connectivity index (χ1) is 7.44. The second-order valence-electron chi connectivity index (χ2n) is 3.51. The lowest BCUT2D eigenvalue weighted by Crippen LogP contribution is -2.16. The number of nitrogens with two attached hydrogens (primary N) is 1. The summed E-state index contributed by atoms with van der Waals surface area (Å²) >= 11 is 3.25. The molecule has 0 spiro atoms. The highest BCUT2D eigenvalue weighted by Gasteiger charge is 2.09. The van der Waals surface area contributed by atoms with E-state index in [1.807, 2.05) is 6.92 Å². The number of hydrogen-bond donors (Lipinski definition) is 2. The predicted octanol–water partition coefficient (Wildman–Crippen LogP) is 2.57. The number of sulfonamides is 1. The van der Waals surface area contributed by atoms with Gasteiger partial charge in [-0.3, -0.25) is 4.72 Å². The van der Waals surface area contributed by atoms with Crippen LogP contribution in [-0.2, 0) is 10.0 Å². The van der Waals surface area contributed by atoms with Crippen LogP contribution in [0.5, 0.6) is 0 Å². The van der Waals surface area contributed by atoms with E-state index in [1.54, 1.807) is 18.2 Å². The third-order valence-electron chi connectivity index (χ3n) is 2.04. The summed E-state index contributed by atoms with van der Waals surface area (Å²) in [5.74, 6) is 0.138. The molecule has 0 saturated carbocycles. The minimum atomic E-state index is -3.25. The van der Waals surface area contributed by atoms with Crippen molar-refractivity contribution in [2.75, 3.05) is 16.2 Å². The summed E-state index contributed by atoms with van der Waals surface area (Å²) in [6.07, 6.45) is 1.50. The quantitative estimate of drug-likeness (QED) is 0.821. The Kier molecular flexibility index (Phi) is 4.61. The zero-order valence-electron chi connectivity index (χ0n) is 9.03. The van der Waals surface area contributed by atoms with Crippen LogP contribution < -0.4 is 10.5 Å². The first-order valence-electron chi connectivity index (χ1n) is 5.00. The van der Waals surface area contributed by atoms with Gasteiger partial charge in [0.15, 0.2) is 0 Å². The lowest BCUT2D eigenvalue weighted by molar-refractivity contribution is 0.598. The maximum absolute atomic E-state index is 11.6. The van der Waals surface area contributed by atoms with Crippen LogP contribution in [0.25, 0.3) is 0 Å². The third-order valence-corrected chi connectivity index (χ3v) is 4.13. The number of nitrogens with one attached hydrogen (secondary N) is 1. The zero-order chi connectivity index (χ0) is 12.2. The molecule has 0 saturated heterocycles. The second-order valence-corrected chi connectivity index (χ2v) is 6.21. The van der Waals surface area contributed by atoms with Gasteiger partial charge in [0.1, 0.15) is 0 Å². The molecule has 1 aromatic rings. The average molecular weight is 307 g/mol. The van der Waals surface area contributed by atoms with Gasteiger partial charge in [-0.2, -0.15) is 0 Å². The monoisotopic (exact) mass is 306 g/mol. The van der Waals surface area contributed by atoms with Gasteiger partial charge in [-0.1, -0.05) is 13.3 Å². The fourth-order valence-corrected chi connectivity index (χ4v) is 2.68. The number of rotatable bonds is 5. The molecule has 0 atom stereocenters. The maximum atomic E-state index is 11.6. The van der Waals surface area contributed by atoms with E-state index in [2.05, 4.69) is 20.7 Å². The Hall–Kier alpha value is -0.750. The van der Waals surface area contributed by atoms with Gasteiger partial charge in [-0.25, -0.2) is 8.42 Å². The Bertz CT molecular complexity index is 460. The molecular weight excluding hydrogens is 292 g/mol. The van der Waals surface area contributed by atoms with Crippen LogP contribution in [0.4, 0.5) is 11.4 Å². The molecule has 0 fully saturated rings. The first-order valence-corrected chi connectivity index (χ1v) is 7.44. The molecule has 4 nitrogen and oxygen atoms in total. The lowest BCUT2D eigenvalue weighted by atomic mass is 10.3. The zero-order valence-corrected chi connectivity index (χ0v) is 11.4. The molecule has 0 heterocycles. The van der Waals surface area contributed by atoms with Gasteiger partial charge in [-0.15, -0.1) is 0 Å². The lowest BCUT2D eigenvalue weighted by Gasteiger charge is -2.08. The number of unbranched alkanes of at least 4 members (excludes halogenated alkanes) is 1. The van der Waals surface area contributed by atoms with Crippen molar-refractivity contribution in [2.24, 2.45) is 0 Å². The number of halogens is 1. The van der Waals surface area contributed by atoms with E-state index < -0.39 is 10.0 Å². The first kappa shape index (κ1) is 13.3. The topological polar surface area (TPSA) is 72.2 Å². The highest BCUT2D eigenvalue weighted by Crippen LogP contribution is 2.23. The maximum Gasteiger partial charge on any atom is 0.232 e. The largest absolute Gasteiger partial charge is 0.398 e. The van der Waals surface area contributed by atoms with E-state index in [1.165, 1.54) is 0 Å². The van der Waals surface area contributed by atoms with Gasteiger partial charge in [0, 0.05) is 10.2 Å². The molecule has 3 N–H and O–H groups in total. The van der Waals surface area contributed by atoms with Gasteiger partial charge in [0.25, 0.3) is 0 Å². The summed E-state index contributed by atoms with van der Waals surface area (Å²) in [4.78, 5) is 0. The van der Waals surface area contributed by atoms with E-state index in [-0.39, 0.29) is 5.75 Å². The number of nitrogen functional groups attached to an aromatic ring is 1. The molecule has 6 heteroatoms. The van der Waals surface area contributed by atoms with Gasteiger partial charge < -0.3 is 5.73 Å². The Morgan fingerprint density at radius 2 is 2.12 bits per heavy atom. The normalized spacial score (nSPS) is 11.4. The molecule has 0 aliphatic heterocycles. The van der Waals surface area contributed by atoms with Crippen molar-refractivity contribution in [3.63, 3.8) is 0 Å². The predicted molar refractivity (Wildman–Crippen MR) is 70.9 cm³/mol. The van der Waals surface area contributed by atoms with Crippen molar-refractivity contribution >= 4 is 37.3 Å². The van der Waals surface area contributed by atoms with Crippen molar-refractivity contribution in [3.05, 3.63) is 22.7 Å². The Morgan fingerprint density at radius 3 is 2.69 bits per heavy atom. The summed E-state index contributed by atoms with van der Waals surface area (Å²) in [6.45, 7) is 1.95. The third kappa shape index (κ3) is 4.02. The fourth-order valence-electron chi connectivity index (χ4n) is 1.17. The average Bonchev–Trinajstić information content (AvgIpc) is 2.20. The number of anilines is 2. The Morgan fingerprint density at radius 1 is 1.44 bits per heavy atom. The van der Waals surface area contributed by atoms with Crippen LogP contribution >= 0.6 is 15.9 Å². The van der Waals surface area contributed by atoms with Gasteiger partial charge in [0.2, 0.25) is 10.0 Å². The standard InChI is InChI=1S/C10H15BrN2O2S/c1-2-3-6-16(14,15)13-8-4-5-9(11)10(12)7-8/h4-5,7,13H,2-3,6,12H2,1H3. The van der Waals surface area contributed by atoms with Crippen LogP contribution in [0.1, 0.15) is 19.8 Å². The van der Waals surface area contributed by atoms with E-state index in [4.69, 9.17) is 5.73 Å². The van der Waals surface area contributed by atoms with Crippen molar-refractivity contribution in [1.82, 2.24) is 0 Å². The molecular formula is C10H15BrN2O2S. The van der Waals surface area contributed by atoms with Gasteiger partial charge in [0.05, 0.1) is 11.4 Å². The minimum Gasteiger partial charge on any atom is -0.398 e. The second kappa shape index (κ2) is 5.54. The molecule has 0 aliphatic carbocycles. The Balaban J connectivity index is 2.76.